The summed E-state index contributed by atoms with van der Waals surface area (Å²) in [5.41, 5.74) is 1.82. The molecule has 0 fully saturated rings. The molecule has 29 heavy (non-hydrogen) atoms. The third kappa shape index (κ3) is 3.92. The van der Waals surface area contributed by atoms with E-state index in [0.717, 1.165) is 12.1 Å². The van der Waals surface area contributed by atoms with E-state index in [4.69, 9.17) is 39.2 Å². The van der Waals surface area contributed by atoms with Gasteiger partial charge in [0, 0.05) is 16.8 Å². The lowest BCUT2D eigenvalue weighted by atomic mass is 10.2. The van der Waals surface area contributed by atoms with Gasteiger partial charge < -0.3 is 9.52 Å². The first-order valence-corrected chi connectivity index (χ1v) is 9.23. The lowest BCUT2D eigenvalue weighted by Gasteiger charge is -2.02. The van der Waals surface area contributed by atoms with Crippen LogP contribution < -0.4 is 0 Å². The number of nitrogens with zero attached hydrogens (tertiary/aromatic N) is 2. The van der Waals surface area contributed by atoms with Crippen LogP contribution in [0.25, 0.3) is 22.6 Å². The summed E-state index contributed by atoms with van der Waals surface area (Å²) < 4.78 is 32.4. The Hall–Kier alpha value is -2.67. The standard InChI is InChI=1S/C20H9Cl3F2N2O2/c21-10-3-9(19(28)14(23)4-10)8-26-11-1-2-18-17(5-11)27-20(29-18)12-6-15(24)16(25)7-13(12)22/h1-8,28H. The van der Waals surface area contributed by atoms with Gasteiger partial charge >= 0.3 is 0 Å². The normalized spacial score (nSPS) is 11.6. The summed E-state index contributed by atoms with van der Waals surface area (Å²) in [4.78, 5) is 8.55. The molecule has 0 unspecified atom stereocenters. The molecule has 0 saturated heterocycles. The second-order valence-corrected chi connectivity index (χ2v) is 7.25. The SMILES string of the molecule is Oc1c(Cl)cc(Cl)cc1C=Nc1ccc2oc(-c3cc(F)c(F)cc3Cl)nc2c1. The molecule has 0 atom stereocenters. The maximum atomic E-state index is 13.6. The van der Waals surface area contributed by atoms with Crippen molar-refractivity contribution in [1.82, 2.24) is 4.98 Å². The number of rotatable bonds is 3. The minimum absolute atomic E-state index is 0.0259. The largest absolute Gasteiger partial charge is 0.506 e. The highest BCUT2D eigenvalue weighted by Gasteiger charge is 2.16. The van der Waals surface area contributed by atoms with E-state index in [1.165, 1.54) is 18.3 Å². The van der Waals surface area contributed by atoms with Crippen LogP contribution in [0.3, 0.4) is 0 Å². The number of hydrogen-bond donors (Lipinski definition) is 1. The van der Waals surface area contributed by atoms with Crippen molar-refractivity contribution in [3.8, 4) is 17.2 Å². The molecule has 0 spiro atoms. The molecule has 0 aliphatic heterocycles. The van der Waals surface area contributed by atoms with Crippen molar-refractivity contribution < 1.29 is 18.3 Å². The third-order valence-electron chi connectivity index (χ3n) is 4.02. The molecular weight excluding hydrogens is 445 g/mol. The van der Waals surface area contributed by atoms with E-state index >= 15 is 0 Å². The van der Waals surface area contributed by atoms with Crippen molar-refractivity contribution in [2.75, 3.05) is 0 Å². The van der Waals surface area contributed by atoms with Crippen LogP contribution in [0, 0.1) is 11.6 Å². The Morgan fingerprint density at radius 2 is 1.72 bits per heavy atom. The van der Waals surface area contributed by atoms with Gasteiger partial charge in [-0.25, -0.2) is 13.8 Å². The van der Waals surface area contributed by atoms with Gasteiger partial charge in [0.05, 0.1) is 21.3 Å². The maximum absolute atomic E-state index is 13.6. The monoisotopic (exact) mass is 452 g/mol. The molecule has 4 nitrogen and oxygen atoms in total. The first-order chi connectivity index (χ1) is 13.8. The third-order valence-corrected chi connectivity index (χ3v) is 4.84. The first kappa shape index (κ1) is 19.6. The number of halogens is 5. The summed E-state index contributed by atoms with van der Waals surface area (Å²) >= 11 is 17.8. The predicted octanol–water partition coefficient (Wildman–Crippen LogP) is 7.19. The Labute approximate surface area is 178 Å². The van der Waals surface area contributed by atoms with E-state index in [1.807, 2.05) is 0 Å². The van der Waals surface area contributed by atoms with E-state index in [-0.39, 0.29) is 27.2 Å². The van der Waals surface area contributed by atoms with Gasteiger partial charge in [0.15, 0.2) is 17.2 Å². The summed E-state index contributed by atoms with van der Waals surface area (Å²) in [6.45, 7) is 0. The molecular formula is C20H9Cl3F2N2O2. The quantitative estimate of drug-likeness (QED) is 0.264. The van der Waals surface area contributed by atoms with E-state index in [2.05, 4.69) is 9.98 Å². The average molecular weight is 454 g/mol. The Morgan fingerprint density at radius 3 is 2.52 bits per heavy atom. The molecule has 3 aromatic carbocycles. The van der Waals surface area contributed by atoms with Gasteiger partial charge in [-0.05, 0) is 42.5 Å². The van der Waals surface area contributed by atoms with Crippen molar-refractivity contribution in [1.29, 1.82) is 0 Å². The number of fused-ring (bicyclic) bond motifs is 1. The lowest BCUT2D eigenvalue weighted by molar-refractivity contribution is 0.475. The Kier molecular flexibility index (Phi) is 5.17. The summed E-state index contributed by atoms with van der Waals surface area (Å²) in [6.07, 6.45) is 1.40. The Bertz CT molecular complexity index is 1290. The number of benzene rings is 3. The second kappa shape index (κ2) is 7.63. The second-order valence-electron chi connectivity index (χ2n) is 6.00. The number of aromatic hydroxyl groups is 1. The molecule has 4 rings (SSSR count). The first-order valence-electron chi connectivity index (χ1n) is 8.09. The zero-order valence-electron chi connectivity index (χ0n) is 14.3. The lowest BCUT2D eigenvalue weighted by Crippen LogP contribution is -1.87. The zero-order valence-corrected chi connectivity index (χ0v) is 16.5. The Morgan fingerprint density at radius 1 is 0.966 bits per heavy atom. The molecule has 0 amide bonds. The number of phenols is 1. The molecule has 0 saturated carbocycles. The number of aliphatic imine (C=N–C) groups is 1. The molecule has 146 valence electrons. The molecule has 9 heteroatoms. The molecule has 4 aromatic rings. The van der Waals surface area contributed by atoms with E-state index in [0.29, 0.717) is 27.4 Å². The van der Waals surface area contributed by atoms with Crippen LogP contribution in [0.1, 0.15) is 5.56 Å². The van der Waals surface area contributed by atoms with Crippen LogP contribution in [0.4, 0.5) is 14.5 Å². The molecule has 1 heterocycles. The highest BCUT2D eigenvalue weighted by molar-refractivity contribution is 6.36. The highest BCUT2D eigenvalue weighted by Crippen LogP contribution is 2.33. The van der Waals surface area contributed by atoms with Crippen molar-refractivity contribution in [2.24, 2.45) is 4.99 Å². The molecule has 1 aromatic heterocycles. The average Bonchev–Trinajstić information content (AvgIpc) is 3.09. The number of hydrogen-bond acceptors (Lipinski definition) is 4. The topological polar surface area (TPSA) is 58.6 Å². The predicted molar refractivity (Wildman–Crippen MR) is 110 cm³/mol. The number of phenolic OH excluding ortho intramolecular Hbond substituents is 1. The van der Waals surface area contributed by atoms with Gasteiger partial charge in [0.2, 0.25) is 5.89 Å². The van der Waals surface area contributed by atoms with Gasteiger partial charge in [0.25, 0.3) is 0 Å². The van der Waals surface area contributed by atoms with Gasteiger partial charge in [-0.2, -0.15) is 0 Å². The fourth-order valence-electron chi connectivity index (χ4n) is 2.63. The van der Waals surface area contributed by atoms with Crippen molar-refractivity contribution in [3.05, 3.63) is 74.7 Å². The maximum Gasteiger partial charge on any atom is 0.228 e. The van der Waals surface area contributed by atoms with Crippen molar-refractivity contribution >= 4 is 57.8 Å². The van der Waals surface area contributed by atoms with Crippen LogP contribution in [-0.4, -0.2) is 16.3 Å². The van der Waals surface area contributed by atoms with E-state index in [9.17, 15) is 13.9 Å². The molecule has 0 bridgehead atoms. The van der Waals surface area contributed by atoms with Crippen molar-refractivity contribution in [2.45, 2.75) is 0 Å². The zero-order chi connectivity index (χ0) is 20.7. The smallest absolute Gasteiger partial charge is 0.228 e. The van der Waals surface area contributed by atoms with Crippen LogP contribution in [-0.2, 0) is 0 Å². The highest BCUT2D eigenvalue weighted by atomic mass is 35.5. The van der Waals surface area contributed by atoms with E-state index < -0.39 is 11.6 Å². The number of aromatic nitrogens is 1. The van der Waals surface area contributed by atoms with Crippen LogP contribution in [0.5, 0.6) is 5.75 Å². The van der Waals surface area contributed by atoms with Gasteiger partial charge in [-0.3, -0.25) is 4.99 Å². The fourth-order valence-corrected chi connectivity index (χ4v) is 3.37. The van der Waals surface area contributed by atoms with E-state index in [1.54, 1.807) is 18.2 Å². The van der Waals surface area contributed by atoms with Gasteiger partial charge in [-0.15, -0.1) is 0 Å². The van der Waals surface area contributed by atoms with Gasteiger partial charge in [0.1, 0.15) is 11.3 Å². The molecule has 1 N–H and O–H groups in total. The summed E-state index contributed by atoms with van der Waals surface area (Å²) in [5, 5.41) is 10.4. The van der Waals surface area contributed by atoms with Crippen molar-refractivity contribution in [3.63, 3.8) is 0 Å². The summed E-state index contributed by atoms with van der Waals surface area (Å²) in [7, 11) is 0. The van der Waals surface area contributed by atoms with Crippen LogP contribution >= 0.6 is 34.8 Å². The van der Waals surface area contributed by atoms with Crippen LogP contribution in [0.2, 0.25) is 15.1 Å². The fraction of sp³-hybridized carbons (Fsp3) is 0. The number of oxazole rings is 1. The van der Waals surface area contributed by atoms with Crippen LogP contribution in [0.15, 0.2) is 51.9 Å². The summed E-state index contributed by atoms with van der Waals surface area (Å²) in [6, 6.07) is 9.62. The minimum Gasteiger partial charge on any atom is -0.506 e. The Balaban J connectivity index is 1.70. The van der Waals surface area contributed by atoms with Gasteiger partial charge in [-0.1, -0.05) is 34.8 Å². The minimum atomic E-state index is -1.06. The summed E-state index contributed by atoms with van der Waals surface area (Å²) in [5.74, 6) is -2.21. The molecule has 0 aliphatic rings. The molecule has 0 radical (unpaired) electrons. The molecule has 0 aliphatic carbocycles.